The second-order valence-electron chi connectivity index (χ2n) is 6.13. The number of nitrogens with zero attached hydrogens (tertiary/aromatic N) is 2. The Labute approximate surface area is 120 Å². The van der Waals surface area contributed by atoms with Crippen molar-refractivity contribution in [1.29, 1.82) is 0 Å². The number of rotatable bonds is 3. The van der Waals surface area contributed by atoms with Crippen LogP contribution in [0.2, 0.25) is 0 Å². The van der Waals surface area contributed by atoms with Crippen LogP contribution in [0.3, 0.4) is 0 Å². The summed E-state index contributed by atoms with van der Waals surface area (Å²) in [7, 11) is 0. The van der Waals surface area contributed by atoms with Gasteiger partial charge in [-0.1, -0.05) is 12.5 Å². The van der Waals surface area contributed by atoms with E-state index in [0.717, 1.165) is 18.7 Å². The van der Waals surface area contributed by atoms with Crippen LogP contribution in [-0.2, 0) is 6.54 Å². The third-order valence-electron chi connectivity index (χ3n) is 4.63. The van der Waals surface area contributed by atoms with Gasteiger partial charge in [0.25, 0.3) is 0 Å². The summed E-state index contributed by atoms with van der Waals surface area (Å²) in [6.07, 6.45) is 5.27. The predicted molar refractivity (Wildman–Crippen MR) is 79.9 cm³/mol. The third kappa shape index (κ3) is 3.13. The Balaban J connectivity index is 1.57. The minimum Gasteiger partial charge on any atom is -0.399 e. The maximum atomic E-state index is 13.8. The Morgan fingerprint density at radius 3 is 2.70 bits per heavy atom. The molecule has 20 heavy (non-hydrogen) atoms. The van der Waals surface area contributed by atoms with Crippen molar-refractivity contribution in [2.75, 3.05) is 31.9 Å². The van der Waals surface area contributed by atoms with Gasteiger partial charge in [-0.25, -0.2) is 4.39 Å². The third-order valence-corrected chi connectivity index (χ3v) is 4.63. The predicted octanol–water partition coefficient (Wildman–Crippen LogP) is 2.47. The summed E-state index contributed by atoms with van der Waals surface area (Å²) in [6.45, 7) is 5.34. The number of piperidine rings is 1. The van der Waals surface area contributed by atoms with Crippen molar-refractivity contribution in [3.63, 3.8) is 0 Å². The molecule has 0 bridgehead atoms. The van der Waals surface area contributed by atoms with Crippen molar-refractivity contribution in [3.05, 3.63) is 29.6 Å². The number of likely N-dealkylation sites (tertiary alicyclic amines) is 2. The van der Waals surface area contributed by atoms with Gasteiger partial charge < -0.3 is 5.73 Å². The summed E-state index contributed by atoms with van der Waals surface area (Å²) in [6, 6.07) is 5.70. The average molecular weight is 277 g/mol. The van der Waals surface area contributed by atoms with Crippen LogP contribution in [-0.4, -0.2) is 42.0 Å². The minimum absolute atomic E-state index is 0.175. The van der Waals surface area contributed by atoms with Crippen LogP contribution < -0.4 is 5.73 Å². The normalized spacial score (nSPS) is 25.1. The molecule has 2 aliphatic heterocycles. The van der Waals surface area contributed by atoms with Crippen LogP contribution in [0.4, 0.5) is 10.1 Å². The van der Waals surface area contributed by atoms with E-state index in [-0.39, 0.29) is 5.82 Å². The first-order chi connectivity index (χ1) is 9.72. The van der Waals surface area contributed by atoms with E-state index in [4.69, 9.17) is 5.73 Å². The average Bonchev–Trinajstić information content (AvgIpc) is 2.92. The van der Waals surface area contributed by atoms with Crippen LogP contribution in [0.15, 0.2) is 18.2 Å². The lowest BCUT2D eigenvalue weighted by Crippen LogP contribution is -2.40. The topological polar surface area (TPSA) is 32.5 Å². The van der Waals surface area contributed by atoms with Crippen LogP contribution >= 0.6 is 0 Å². The molecule has 1 aromatic rings. The molecular formula is C16H24FN3. The fourth-order valence-electron chi connectivity index (χ4n) is 3.47. The van der Waals surface area contributed by atoms with Crippen LogP contribution in [0, 0.1) is 5.82 Å². The number of hydrogen-bond donors (Lipinski definition) is 1. The molecule has 0 radical (unpaired) electrons. The molecule has 2 saturated heterocycles. The molecule has 2 aliphatic rings. The van der Waals surface area contributed by atoms with E-state index < -0.39 is 0 Å². The number of nitrogens with two attached hydrogens (primary N) is 1. The quantitative estimate of drug-likeness (QED) is 0.862. The lowest BCUT2D eigenvalue weighted by Gasteiger charge is -2.32. The second-order valence-corrected chi connectivity index (χ2v) is 6.13. The molecule has 1 unspecified atom stereocenters. The molecule has 3 nitrogen and oxygen atoms in total. The zero-order chi connectivity index (χ0) is 13.9. The maximum absolute atomic E-state index is 13.8. The summed E-state index contributed by atoms with van der Waals surface area (Å²) < 4.78 is 13.8. The Morgan fingerprint density at radius 1 is 1.15 bits per heavy atom. The fraction of sp³-hybridized carbons (Fsp3) is 0.625. The molecule has 3 rings (SSSR count). The molecule has 0 aromatic heterocycles. The van der Waals surface area contributed by atoms with Gasteiger partial charge in [-0.05, 0) is 44.5 Å². The summed E-state index contributed by atoms with van der Waals surface area (Å²) >= 11 is 0. The molecule has 2 heterocycles. The standard InChI is InChI=1S/C16H24FN3/c17-16-10-14(18)5-4-13(16)11-19-9-6-15(12-19)20-7-2-1-3-8-20/h4-5,10,15H,1-3,6-9,11-12,18H2. The first kappa shape index (κ1) is 13.8. The number of hydrogen-bond acceptors (Lipinski definition) is 3. The molecule has 0 amide bonds. The maximum Gasteiger partial charge on any atom is 0.129 e. The first-order valence-electron chi connectivity index (χ1n) is 7.73. The highest BCUT2D eigenvalue weighted by molar-refractivity contribution is 5.40. The van der Waals surface area contributed by atoms with E-state index in [1.807, 2.05) is 6.07 Å². The molecule has 110 valence electrons. The Kier molecular flexibility index (Phi) is 4.22. The molecular weight excluding hydrogens is 253 g/mol. The van der Waals surface area contributed by atoms with E-state index in [0.29, 0.717) is 18.3 Å². The van der Waals surface area contributed by atoms with Gasteiger partial charge in [-0.3, -0.25) is 9.80 Å². The molecule has 1 atom stereocenters. The summed E-state index contributed by atoms with van der Waals surface area (Å²) in [4.78, 5) is 5.00. The molecule has 2 fully saturated rings. The highest BCUT2D eigenvalue weighted by Crippen LogP contribution is 2.22. The van der Waals surface area contributed by atoms with Gasteiger partial charge in [0.1, 0.15) is 5.82 Å². The van der Waals surface area contributed by atoms with Gasteiger partial charge in [0.2, 0.25) is 0 Å². The monoisotopic (exact) mass is 277 g/mol. The Hall–Kier alpha value is -1.13. The molecule has 2 N–H and O–H groups in total. The van der Waals surface area contributed by atoms with Crippen molar-refractivity contribution >= 4 is 5.69 Å². The van der Waals surface area contributed by atoms with Crippen molar-refractivity contribution in [3.8, 4) is 0 Å². The molecule has 0 aliphatic carbocycles. The Morgan fingerprint density at radius 2 is 1.95 bits per heavy atom. The van der Waals surface area contributed by atoms with E-state index >= 15 is 0 Å². The van der Waals surface area contributed by atoms with Crippen molar-refractivity contribution in [2.45, 2.75) is 38.3 Å². The number of benzene rings is 1. The van der Waals surface area contributed by atoms with E-state index in [1.165, 1.54) is 44.8 Å². The van der Waals surface area contributed by atoms with Gasteiger partial charge in [0.05, 0.1) is 0 Å². The van der Waals surface area contributed by atoms with Crippen molar-refractivity contribution < 1.29 is 4.39 Å². The highest BCUT2D eigenvalue weighted by Gasteiger charge is 2.28. The number of anilines is 1. The van der Waals surface area contributed by atoms with Gasteiger partial charge >= 0.3 is 0 Å². The van der Waals surface area contributed by atoms with Crippen LogP contribution in [0.1, 0.15) is 31.2 Å². The zero-order valence-corrected chi connectivity index (χ0v) is 12.0. The first-order valence-corrected chi connectivity index (χ1v) is 7.73. The molecule has 0 spiro atoms. The van der Waals surface area contributed by atoms with Gasteiger partial charge in [-0.15, -0.1) is 0 Å². The Bertz CT molecular complexity index is 457. The lowest BCUT2D eigenvalue weighted by atomic mass is 10.1. The van der Waals surface area contributed by atoms with Crippen LogP contribution in [0.5, 0.6) is 0 Å². The van der Waals surface area contributed by atoms with Gasteiger partial charge in [0.15, 0.2) is 0 Å². The number of halogens is 1. The van der Waals surface area contributed by atoms with E-state index in [2.05, 4.69) is 9.80 Å². The van der Waals surface area contributed by atoms with Crippen molar-refractivity contribution in [1.82, 2.24) is 9.80 Å². The summed E-state index contributed by atoms with van der Waals surface area (Å²) in [5.74, 6) is -0.175. The largest absolute Gasteiger partial charge is 0.399 e. The summed E-state index contributed by atoms with van der Waals surface area (Å²) in [5, 5.41) is 0. The highest BCUT2D eigenvalue weighted by atomic mass is 19.1. The smallest absolute Gasteiger partial charge is 0.129 e. The molecule has 1 aromatic carbocycles. The van der Waals surface area contributed by atoms with Crippen molar-refractivity contribution in [2.24, 2.45) is 0 Å². The SMILES string of the molecule is Nc1ccc(CN2CCC(N3CCCCC3)C2)c(F)c1. The van der Waals surface area contributed by atoms with E-state index in [9.17, 15) is 4.39 Å². The summed E-state index contributed by atoms with van der Waals surface area (Å²) in [5.41, 5.74) is 6.86. The molecule has 0 saturated carbocycles. The number of nitrogen functional groups attached to an aromatic ring is 1. The lowest BCUT2D eigenvalue weighted by molar-refractivity contribution is 0.161. The van der Waals surface area contributed by atoms with Crippen LogP contribution in [0.25, 0.3) is 0 Å². The second kappa shape index (κ2) is 6.10. The van der Waals surface area contributed by atoms with E-state index in [1.54, 1.807) is 6.07 Å². The zero-order valence-electron chi connectivity index (χ0n) is 12.0. The van der Waals surface area contributed by atoms with Gasteiger partial charge in [0, 0.05) is 36.9 Å². The van der Waals surface area contributed by atoms with Gasteiger partial charge in [-0.2, -0.15) is 0 Å². The molecule has 4 heteroatoms. The fourth-order valence-corrected chi connectivity index (χ4v) is 3.47. The minimum atomic E-state index is -0.175.